The number of amides is 1. The van der Waals surface area contributed by atoms with Crippen molar-refractivity contribution in [1.29, 1.82) is 0 Å². The standard InChI is InChI=1S/C22H23F3N4O5S/c1-28(15-16-4-3-9-26-14-16)20(30)33-19-13-21(34-27-19)7-10-29(11-8-21)35(31,32)18-6-2-5-17(12-18)22(23,24)25/h2-6,9,12,14H,7-8,10-11,13,15H2,1H3. The first kappa shape index (κ1) is 24.9. The molecule has 0 saturated carbocycles. The summed E-state index contributed by atoms with van der Waals surface area (Å²) < 4.78 is 71.3. The van der Waals surface area contributed by atoms with E-state index in [0.717, 1.165) is 28.1 Å². The largest absolute Gasteiger partial charge is 0.416 e. The summed E-state index contributed by atoms with van der Waals surface area (Å²) in [5.41, 5.74) is -1.04. The number of piperidine rings is 1. The Morgan fingerprint density at radius 3 is 2.63 bits per heavy atom. The molecule has 1 amide bonds. The number of carbonyl (C=O) groups is 1. The molecule has 1 aromatic carbocycles. The van der Waals surface area contributed by atoms with E-state index in [9.17, 15) is 26.4 Å². The first-order valence-corrected chi connectivity index (χ1v) is 12.2. The summed E-state index contributed by atoms with van der Waals surface area (Å²) in [6.45, 7) is 0.334. The second-order valence-electron chi connectivity index (χ2n) is 8.45. The van der Waals surface area contributed by atoms with Gasteiger partial charge in [0, 0.05) is 45.4 Å². The molecule has 2 aromatic rings. The summed E-state index contributed by atoms with van der Waals surface area (Å²) in [5.74, 6) is 0.0854. The zero-order valence-electron chi connectivity index (χ0n) is 18.7. The molecule has 35 heavy (non-hydrogen) atoms. The molecular weight excluding hydrogens is 489 g/mol. The van der Waals surface area contributed by atoms with Gasteiger partial charge in [-0.1, -0.05) is 17.3 Å². The molecule has 2 aliphatic heterocycles. The van der Waals surface area contributed by atoms with Crippen molar-refractivity contribution in [1.82, 2.24) is 14.2 Å². The number of benzene rings is 1. The summed E-state index contributed by atoms with van der Waals surface area (Å²) in [6, 6.07) is 7.25. The van der Waals surface area contributed by atoms with Crippen molar-refractivity contribution in [2.75, 3.05) is 20.1 Å². The quantitative estimate of drug-likeness (QED) is 0.620. The normalized spacial score (nSPS) is 18.1. The maximum absolute atomic E-state index is 13.0. The summed E-state index contributed by atoms with van der Waals surface area (Å²) in [6.07, 6.45) is -1.36. The Morgan fingerprint density at radius 1 is 1.23 bits per heavy atom. The van der Waals surface area contributed by atoms with E-state index in [4.69, 9.17) is 9.57 Å². The fraction of sp³-hybridized carbons (Fsp3) is 0.409. The molecule has 0 atom stereocenters. The molecule has 0 aliphatic carbocycles. The first-order valence-electron chi connectivity index (χ1n) is 10.7. The Balaban J connectivity index is 1.33. The van der Waals surface area contributed by atoms with E-state index in [1.807, 2.05) is 6.07 Å². The molecule has 188 valence electrons. The number of rotatable bonds is 4. The van der Waals surface area contributed by atoms with Crippen LogP contribution in [0.1, 0.15) is 30.4 Å². The highest BCUT2D eigenvalue weighted by atomic mass is 32.2. The number of ether oxygens (including phenoxy) is 1. The Kier molecular flexibility index (Phi) is 6.73. The maximum atomic E-state index is 13.0. The third kappa shape index (κ3) is 5.56. The molecule has 1 spiro atoms. The lowest BCUT2D eigenvalue weighted by Gasteiger charge is -2.36. The van der Waals surface area contributed by atoms with Crippen LogP contribution < -0.4 is 0 Å². The summed E-state index contributed by atoms with van der Waals surface area (Å²) in [7, 11) is -2.55. The van der Waals surface area contributed by atoms with Crippen LogP contribution in [0.4, 0.5) is 18.0 Å². The Labute approximate surface area is 200 Å². The fourth-order valence-electron chi connectivity index (χ4n) is 3.94. The van der Waals surface area contributed by atoms with Crippen LogP contribution in [0, 0.1) is 0 Å². The van der Waals surface area contributed by atoms with E-state index in [2.05, 4.69) is 10.1 Å². The van der Waals surface area contributed by atoms with Crippen LogP contribution in [0.2, 0.25) is 0 Å². The minimum Gasteiger partial charge on any atom is -0.392 e. The maximum Gasteiger partial charge on any atom is 0.416 e. The van der Waals surface area contributed by atoms with Crippen LogP contribution in [0.5, 0.6) is 0 Å². The van der Waals surface area contributed by atoms with Crippen LogP contribution in [-0.4, -0.2) is 60.3 Å². The molecule has 4 rings (SSSR count). The molecule has 1 fully saturated rings. The SMILES string of the molecule is CN(Cc1cccnc1)C(=O)OC1=NOC2(CCN(S(=O)(=O)c3cccc(C(F)(F)F)c3)CC2)C1. The average molecular weight is 513 g/mol. The van der Waals surface area contributed by atoms with Gasteiger partial charge >= 0.3 is 12.3 Å². The lowest BCUT2D eigenvalue weighted by atomic mass is 9.89. The van der Waals surface area contributed by atoms with Gasteiger partial charge in [0.1, 0.15) is 5.60 Å². The minimum atomic E-state index is -4.65. The highest BCUT2D eigenvalue weighted by molar-refractivity contribution is 7.89. The van der Waals surface area contributed by atoms with Crippen molar-refractivity contribution in [3.8, 4) is 0 Å². The molecule has 1 saturated heterocycles. The van der Waals surface area contributed by atoms with Gasteiger partial charge in [-0.05, 0) is 29.8 Å². The van der Waals surface area contributed by atoms with Gasteiger partial charge in [0.25, 0.3) is 0 Å². The predicted octanol–water partition coefficient (Wildman–Crippen LogP) is 3.63. The lowest BCUT2D eigenvalue weighted by Crippen LogP contribution is -2.47. The molecule has 3 heterocycles. The minimum absolute atomic E-state index is 0.0240. The van der Waals surface area contributed by atoms with E-state index < -0.39 is 38.4 Å². The molecular formula is C22H23F3N4O5S. The van der Waals surface area contributed by atoms with Crippen molar-refractivity contribution >= 4 is 22.0 Å². The number of halogens is 3. The van der Waals surface area contributed by atoms with Gasteiger partial charge in [-0.25, -0.2) is 13.2 Å². The molecule has 2 aliphatic rings. The Bertz CT molecular complexity index is 1210. The summed E-state index contributed by atoms with van der Waals surface area (Å²) in [5, 5.41) is 3.87. The molecule has 13 heteroatoms. The highest BCUT2D eigenvalue weighted by Gasteiger charge is 2.46. The molecule has 0 radical (unpaired) electrons. The molecule has 9 nitrogen and oxygen atoms in total. The molecule has 0 unspecified atom stereocenters. The molecule has 0 N–H and O–H groups in total. The van der Waals surface area contributed by atoms with Crippen LogP contribution in [-0.2, 0) is 32.3 Å². The number of aromatic nitrogens is 1. The van der Waals surface area contributed by atoms with Crippen molar-refractivity contribution in [2.45, 2.75) is 42.5 Å². The van der Waals surface area contributed by atoms with E-state index in [-0.39, 0.29) is 44.8 Å². The summed E-state index contributed by atoms with van der Waals surface area (Å²) >= 11 is 0. The van der Waals surface area contributed by atoms with Crippen LogP contribution >= 0.6 is 0 Å². The number of nitrogens with zero attached hydrogens (tertiary/aromatic N) is 4. The average Bonchev–Trinajstić information content (AvgIpc) is 3.21. The molecule has 1 aromatic heterocycles. The lowest BCUT2D eigenvalue weighted by molar-refractivity contribution is -0.137. The monoisotopic (exact) mass is 512 g/mol. The van der Waals surface area contributed by atoms with Gasteiger partial charge in [0.2, 0.25) is 15.9 Å². The number of hydrogen-bond acceptors (Lipinski definition) is 7. The van der Waals surface area contributed by atoms with Crippen molar-refractivity contribution in [3.05, 3.63) is 59.9 Å². The fourth-order valence-corrected chi connectivity index (χ4v) is 5.42. The van der Waals surface area contributed by atoms with Gasteiger partial charge < -0.3 is 14.5 Å². The number of alkyl halides is 3. The second-order valence-corrected chi connectivity index (χ2v) is 10.4. The third-order valence-corrected chi connectivity index (χ3v) is 7.80. The first-order chi connectivity index (χ1) is 16.5. The van der Waals surface area contributed by atoms with Crippen molar-refractivity contribution in [3.63, 3.8) is 0 Å². The number of oxime groups is 1. The van der Waals surface area contributed by atoms with Crippen molar-refractivity contribution in [2.24, 2.45) is 5.16 Å². The number of carbonyl (C=O) groups excluding carboxylic acids is 1. The van der Waals surface area contributed by atoms with E-state index >= 15 is 0 Å². The van der Waals surface area contributed by atoms with Gasteiger partial charge in [-0.15, -0.1) is 0 Å². The Hall–Kier alpha value is -3.19. The molecule has 0 bridgehead atoms. The van der Waals surface area contributed by atoms with Gasteiger partial charge in [0.15, 0.2) is 0 Å². The zero-order valence-corrected chi connectivity index (χ0v) is 19.6. The third-order valence-electron chi connectivity index (χ3n) is 5.91. The van der Waals surface area contributed by atoms with Crippen LogP contribution in [0.15, 0.2) is 58.8 Å². The topological polar surface area (TPSA) is 101 Å². The number of hydrogen-bond donors (Lipinski definition) is 0. The van der Waals surface area contributed by atoms with E-state index in [1.54, 1.807) is 25.5 Å². The van der Waals surface area contributed by atoms with Crippen LogP contribution in [0.25, 0.3) is 0 Å². The highest BCUT2D eigenvalue weighted by Crippen LogP contribution is 2.37. The van der Waals surface area contributed by atoms with E-state index in [0.29, 0.717) is 6.07 Å². The second kappa shape index (κ2) is 9.46. The zero-order chi connectivity index (χ0) is 25.3. The Morgan fingerprint density at radius 2 is 1.97 bits per heavy atom. The van der Waals surface area contributed by atoms with Crippen molar-refractivity contribution < 1.29 is 36.0 Å². The number of sulfonamides is 1. The van der Waals surface area contributed by atoms with Gasteiger partial charge in [-0.3, -0.25) is 4.98 Å². The number of pyridine rings is 1. The van der Waals surface area contributed by atoms with E-state index in [1.165, 1.54) is 4.90 Å². The predicted molar refractivity (Wildman–Crippen MR) is 117 cm³/mol. The summed E-state index contributed by atoms with van der Waals surface area (Å²) in [4.78, 5) is 22.9. The van der Waals surface area contributed by atoms with Crippen LogP contribution in [0.3, 0.4) is 0 Å². The van der Waals surface area contributed by atoms with Gasteiger partial charge in [-0.2, -0.15) is 17.5 Å². The smallest absolute Gasteiger partial charge is 0.392 e. The van der Waals surface area contributed by atoms with Gasteiger partial charge in [0.05, 0.1) is 23.4 Å².